The minimum absolute atomic E-state index is 0.000609. The fourth-order valence-electron chi connectivity index (χ4n) is 4.87. The van der Waals surface area contributed by atoms with Crippen LogP contribution < -0.4 is 24.7 Å². The van der Waals surface area contributed by atoms with E-state index in [1.54, 1.807) is 23.2 Å². The third-order valence-corrected chi connectivity index (χ3v) is 6.91. The summed E-state index contributed by atoms with van der Waals surface area (Å²) in [4.78, 5) is 36.8. The highest BCUT2D eigenvalue weighted by atomic mass is 19.1. The molecule has 0 radical (unpaired) electrons. The van der Waals surface area contributed by atoms with Crippen molar-refractivity contribution >= 4 is 28.4 Å². The molecule has 0 bridgehead atoms. The third kappa shape index (κ3) is 4.88. The van der Waals surface area contributed by atoms with Gasteiger partial charge in [0, 0.05) is 44.5 Å². The first-order valence-corrected chi connectivity index (χ1v) is 12.5. The molecule has 10 nitrogen and oxygen atoms in total. The van der Waals surface area contributed by atoms with Gasteiger partial charge in [-0.3, -0.25) is 4.79 Å². The van der Waals surface area contributed by atoms with E-state index in [-0.39, 0.29) is 35.4 Å². The molecule has 1 N–H and O–H groups in total. The zero-order valence-electron chi connectivity index (χ0n) is 22.1. The summed E-state index contributed by atoms with van der Waals surface area (Å²) < 4.78 is 42.3. The first-order chi connectivity index (χ1) is 19.2. The SMILES string of the molecule is COc1ccnc(OC[C@H]2CCCN2c2cc3c(cc2F)c(=O)c(C(=O)O)cn3-c2ccc(N(C)C)nc2)c1F. The van der Waals surface area contributed by atoms with Gasteiger partial charge in [0.25, 0.3) is 5.88 Å². The Labute approximate surface area is 228 Å². The van der Waals surface area contributed by atoms with Crippen molar-refractivity contribution in [1.82, 2.24) is 14.5 Å². The van der Waals surface area contributed by atoms with E-state index in [0.717, 1.165) is 12.5 Å². The fraction of sp³-hybridized carbons (Fsp3) is 0.286. The number of ether oxygens (including phenoxy) is 2. The minimum atomic E-state index is -1.42. The van der Waals surface area contributed by atoms with E-state index in [1.807, 2.05) is 19.0 Å². The number of halogens is 2. The van der Waals surface area contributed by atoms with Gasteiger partial charge in [0.1, 0.15) is 23.8 Å². The highest BCUT2D eigenvalue weighted by molar-refractivity contribution is 5.94. The van der Waals surface area contributed by atoms with Gasteiger partial charge in [-0.1, -0.05) is 0 Å². The number of rotatable bonds is 8. The maximum atomic E-state index is 15.6. The van der Waals surface area contributed by atoms with Crippen LogP contribution in [0.25, 0.3) is 16.6 Å². The van der Waals surface area contributed by atoms with Gasteiger partial charge in [0.15, 0.2) is 5.75 Å². The summed E-state index contributed by atoms with van der Waals surface area (Å²) in [6, 6.07) is 7.16. The van der Waals surface area contributed by atoms with Crippen LogP contribution in [0.15, 0.2) is 53.7 Å². The van der Waals surface area contributed by atoms with Gasteiger partial charge in [-0.05, 0) is 37.1 Å². The Kier molecular flexibility index (Phi) is 7.24. The zero-order valence-corrected chi connectivity index (χ0v) is 22.1. The number of carboxylic acids is 1. The van der Waals surface area contributed by atoms with E-state index in [9.17, 15) is 19.1 Å². The van der Waals surface area contributed by atoms with Crippen LogP contribution in [0.5, 0.6) is 11.6 Å². The normalized spacial score (nSPS) is 14.9. The Balaban J connectivity index is 1.56. The molecule has 0 amide bonds. The molecule has 3 aromatic heterocycles. The van der Waals surface area contributed by atoms with Gasteiger partial charge in [-0.15, -0.1) is 0 Å². The molecule has 5 rings (SSSR count). The number of anilines is 2. The van der Waals surface area contributed by atoms with Crippen LogP contribution in [0.4, 0.5) is 20.3 Å². The van der Waals surface area contributed by atoms with E-state index in [1.165, 1.54) is 36.2 Å². The molecule has 1 aliphatic rings. The first kappa shape index (κ1) is 26.9. The number of aromatic nitrogens is 3. The van der Waals surface area contributed by atoms with E-state index >= 15 is 4.39 Å². The number of hydrogen-bond donors (Lipinski definition) is 1. The maximum absolute atomic E-state index is 15.6. The Hall–Kier alpha value is -4.74. The summed E-state index contributed by atoms with van der Waals surface area (Å²) in [5.74, 6) is -2.36. The topological polar surface area (TPSA) is 110 Å². The number of methoxy groups -OCH3 is 1. The van der Waals surface area contributed by atoms with Crippen LogP contribution in [0.2, 0.25) is 0 Å². The Bertz CT molecular complexity index is 1640. The van der Waals surface area contributed by atoms with E-state index in [0.29, 0.717) is 30.0 Å². The second-order valence-electron chi connectivity index (χ2n) is 9.57. The smallest absolute Gasteiger partial charge is 0.341 e. The average Bonchev–Trinajstić information content (AvgIpc) is 3.41. The Morgan fingerprint density at radius 2 is 2.00 bits per heavy atom. The van der Waals surface area contributed by atoms with Gasteiger partial charge in [-0.25, -0.2) is 19.2 Å². The quantitative estimate of drug-likeness (QED) is 0.349. The molecule has 1 saturated heterocycles. The maximum Gasteiger partial charge on any atom is 0.341 e. The zero-order chi connectivity index (χ0) is 28.6. The summed E-state index contributed by atoms with van der Waals surface area (Å²) in [7, 11) is 5.02. The highest BCUT2D eigenvalue weighted by Gasteiger charge is 2.29. The van der Waals surface area contributed by atoms with Crippen LogP contribution in [0.1, 0.15) is 23.2 Å². The molecule has 0 spiro atoms. The summed E-state index contributed by atoms with van der Waals surface area (Å²) >= 11 is 0. The fourth-order valence-corrected chi connectivity index (χ4v) is 4.87. The molecule has 0 unspecified atom stereocenters. The summed E-state index contributed by atoms with van der Waals surface area (Å²) in [5.41, 5.74) is -0.249. The highest BCUT2D eigenvalue weighted by Crippen LogP contribution is 2.33. The molecule has 12 heteroatoms. The van der Waals surface area contributed by atoms with Crippen molar-refractivity contribution in [3.8, 4) is 17.3 Å². The second-order valence-corrected chi connectivity index (χ2v) is 9.57. The molecule has 1 atom stereocenters. The molecule has 1 aliphatic heterocycles. The number of carbonyl (C=O) groups is 1. The van der Waals surface area contributed by atoms with Crippen molar-refractivity contribution < 1.29 is 28.2 Å². The number of aromatic carboxylic acids is 1. The Morgan fingerprint density at radius 3 is 2.67 bits per heavy atom. The second kappa shape index (κ2) is 10.8. The van der Waals surface area contributed by atoms with Crippen molar-refractivity contribution in [1.29, 1.82) is 0 Å². The molecule has 4 heterocycles. The van der Waals surface area contributed by atoms with Crippen LogP contribution in [-0.4, -0.2) is 66.0 Å². The standard InChI is InChI=1S/C28H27F2N5O5/c1-33(2)24-7-6-16(13-32-24)35-14-19(28(37)38)26(36)18-11-20(29)22(12-21(18)35)34-10-4-5-17(34)15-40-27-25(30)23(39-3)8-9-31-27/h6-9,11-14,17H,4-5,10,15H2,1-3H3,(H,37,38)/t17-/m1/s1. The lowest BCUT2D eigenvalue weighted by molar-refractivity contribution is 0.0695. The predicted octanol–water partition coefficient (Wildman–Crippen LogP) is 3.88. The van der Waals surface area contributed by atoms with Crippen LogP contribution in [0.3, 0.4) is 0 Å². The predicted molar refractivity (Wildman–Crippen MR) is 145 cm³/mol. The Morgan fingerprint density at radius 1 is 1.20 bits per heavy atom. The summed E-state index contributed by atoms with van der Waals surface area (Å²) in [6.45, 7) is 0.538. The van der Waals surface area contributed by atoms with E-state index < -0.39 is 28.6 Å². The molecule has 0 aliphatic carbocycles. The number of pyridine rings is 3. The molecule has 4 aromatic rings. The van der Waals surface area contributed by atoms with Crippen molar-refractivity contribution in [3.05, 3.63) is 76.3 Å². The van der Waals surface area contributed by atoms with Crippen LogP contribution in [0, 0.1) is 11.6 Å². The van der Waals surface area contributed by atoms with E-state index in [4.69, 9.17) is 9.47 Å². The van der Waals surface area contributed by atoms with Crippen molar-refractivity contribution in [2.24, 2.45) is 0 Å². The minimum Gasteiger partial charge on any atom is -0.493 e. The monoisotopic (exact) mass is 551 g/mol. The summed E-state index contributed by atoms with van der Waals surface area (Å²) in [5, 5.41) is 9.58. The van der Waals surface area contributed by atoms with Crippen LogP contribution >= 0.6 is 0 Å². The number of carboxylic acid groups (broad SMARTS) is 1. The van der Waals surface area contributed by atoms with Gasteiger partial charge in [-0.2, -0.15) is 4.39 Å². The molecular formula is C28H27F2N5O5. The van der Waals surface area contributed by atoms with Gasteiger partial charge in [0.2, 0.25) is 11.2 Å². The lowest BCUT2D eigenvalue weighted by Gasteiger charge is -2.28. The summed E-state index contributed by atoms with van der Waals surface area (Å²) in [6.07, 6.45) is 5.54. The van der Waals surface area contributed by atoms with E-state index in [2.05, 4.69) is 9.97 Å². The molecular weight excluding hydrogens is 524 g/mol. The average molecular weight is 552 g/mol. The molecule has 40 heavy (non-hydrogen) atoms. The number of hydrogen-bond acceptors (Lipinski definition) is 8. The third-order valence-electron chi connectivity index (χ3n) is 6.91. The lowest BCUT2D eigenvalue weighted by atomic mass is 10.1. The molecule has 0 saturated carbocycles. The van der Waals surface area contributed by atoms with Crippen molar-refractivity contribution in [2.75, 3.05) is 44.2 Å². The first-order valence-electron chi connectivity index (χ1n) is 12.5. The number of fused-ring (bicyclic) bond motifs is 1. The van der Waals surface area contributed by atoms with Gasteiger partial charge < -0.3 is 28.9 Å². The van der Waals surface area contributed by atoms with Gasteiger partial charge >= 0.3 is 5.97 Å². The van der Waals surface area contributed by atoms with Crippen molar-refractivity contribution in [2.45, 2.75) is 18.9 Å². The molecule has 1 fully saturated rings. The number of benzene rings is 1. The van der Waals surface area contributed by atoms with Crippen molar-refractivity contribution in [3.63, 3.8) is 0 Å². The lowest BCUT2D eigenvalue weighted by Crippen LogP contribution is -2.35. The van der Waals surface area contributed by atoms with Crippen LogP contribution in [-0.2, 0) is 0 Å². The molecule has 208 valence electrons. The molecule has 1 aromatic carbocycles. The van der Waals surface area contributed by atoms with Gasteiger partial charge in [0.05, 0.1) is 36.2 Å². The number of nitrogens with zero attached hydrogens (tertiary/aromatic N) is 5. The largest absolute Gasteiger partial charge is 0.493 e.